The minimum absolute atomic E-state index is 0.309. The highest BCUT2D eigenvalue weighted by molar-refractivity contribution is 7.89. The molecule has 2 N–H and O–H groups in total. The Labute approximate surface area is 109 Å². The van der Waals surface area contributed by atoms with Crippen molar-refractivity contribution >= 4 is 15.7 Å². The van der Waals surface area contributed by atoms with Crippen molar-refractivity contribution < 1.29 is 8.42 Å². The van der Waals surface area contributed by atoms with Crippen molar-refractivity contribution in [2.75, 3.05) is 39.1 Å². The largest absolute Gasteiger partial charge is 0.375 e. The Hall–Kier alpha value is -1.11. The predicted molar refractivity (Wildman–Crippen MR) is 74.3 cm³/mol. The molecule has 0 aliphatic carbocycles. The number of anilines is 1. The zero-order chi connectivity index (χ0) is 13.8. The number of hydrogen-bond acceptors (Lipinski definition) is 4. The van der Waals surface area contributed by atoms with Gasteiger partial charge < -0.3 is 10.6 Å². The van der Waals surface area contributed by atoms with Crippen molar-refractivity contribution in [1.82, 2.24) is 4.31 Å². The molecule has 18 heavy (non-hydrogen) atoms. The summed E-state index contributed by atoms with van der Waals surface area (Å²) in [5.74, 6) is 0. The third kappa shape index (κ3) is 3.44. The highest BCUT2D eigenvalue weighted by atomic mass is 32.2. The van der Waals surface area contributed by atoms with Crippen LogP contribution in [-0.4, -0.2) is 47.0 Å². The van der Waals surface area contributed by atoms with Gasteiger partial charge in [-0.2, -0.15) is 0 Å². The normalized spacial score (nSPS) is 11.8. The van der Waals surface area contributed by atoms with Gasteiger partial charge in [0.1, 0.15) is 0 Å². The molecule has 0 radical (unpaired) electrons. The zero-order valence-electron chi connectivity index (χ0n) is 11.1. The van der Waals surface area contributed by atoms with Crippen LogP contribution in [0, 0.1) is 0 Å². The first-order valence-corrected chi connectivity index (χ1v) is 7.27. The average Bonchev–Trinajstić information content (AvgIpc) is 2.35. The minimum atomic E-state index is -3.34. The maximum atomic E-state index is 11.9. The molecule has 0 aliphatic heterocycles. The molecule has 0 fully saturated rings. The van der Waals surface area contributed by atoms with Gasteiger partial charge in [-0.1, -0.05) is 0 Å². The van der Waals surface area contributed by atoms with Crippen molar-refractivity contribution in [3.63, 3.8) is 0 Å². The van der Waals surface area contributed by atoms with Gasteiger partial charge in [0.2, 0.25) is 10.0 Å². The second-order valence-electron chi connectivity index (χ2n) is 4.35. The van der Waals surface area contributed by atoms with E-state index in [-0.39, 0.29) is 0 Å². The molecule has 1 aromatic rings. The molecule has 0 aliphatic rings. The predicted octanol–water partition coefficient (Wildman–Crippen LogP) is 0.722. The molecule has 0 unspecified atom stereocenters. The van der Waals surface area contributed by atoms with E-state index < -0.39 is 10.0 Å². The van der Waals surface area contributed by atoms with Crippen molar-refractivity contribution in [1.29, 1.82) is 0 Å². The molecule has 0 saturated carbocycles. The highest BCUT2D eigenvalue weighted by Gasteiger charge is 2.16. The van der Waals surface area contributed by atoms with E-state index in [0.29, 0.717) is 11.4 Å². The molecule has 102 valence electrons. The molecule has 1 rings (SSSR count). The summed E-state index contributed by atoms with van der Waals surface area (Å²) in [5, 5.41) is 0. The fourth-order valence-electron chi connectivity index (χ4n) is 1.54. The lowest BCUT2D eigenvalue weighted by Crippen LogP contribution is -2.23. The van der Waals surface area contributed by atoms with Crippen LogP contribution in [0.3, 0.4) is 0 Å². The van der Waals surface area contributed by atoms with Crippen molar-refractivity contribution in [3.8, 4) is 0 Å². The number of benzene rings is 1. The van der Waals surface area contributed by atoms with Crippen molar-refractivity contribution in [3.05, 3.63) is 24.3 Å². The second kappa shape index (κ2) is 6.17. The van der Waals surface area contributed by atoms with Gasteiger partial charge >= 0.3 is 0 Å². The van der Waals surface area contributed by atoms with Gasteiger partial charge in [-0.15, -0.1) is 0 Å². The SMILES string of the molecule is CN(CCCN)c1ccc(S(=O)(=O)N(C)C)cc1. The van der Waals surface area contributed by atoms with Gasteiger partial charge in [0.15, 0.2) is 0 Å². The number of nitrogens with two attached hydrogens (primary N) is 1. The molecule has 0 spiro atoms. The van der Waals surface area contributed by atoms with E-state index in [1.54, 1.807) is 12.1 Å². The lowest BCUT2D eigenvalue weighted by Gasteiger charge is -2.19. The fourth-order valence-corrected chi connectivity index (χ4v) is 2.44. The van der Waals surface area contributed by atoms with E-state index in [9.17, 15) is 8.42 Å². The standard InChI is InChI=1S/C12H21N3O2S/c1-14(2)18(16,17)12-7-5-11(6-8-12)15(3)10-4-9-13/h5-8H,4,9-10,13H2,1-3H3. The quantitative estimate of drug-likeness (QED) is 0.828. The molecule has 0 heterocycles. The number of nitrogens with zero attached hydrogens (tertiary/aromatic N) is 2. The number of hydrogen-bond donors (Lipinski definition) is 1. The first-order valence-electron chi connectivity index (χ1n) is 5.83. The number of sulfonamides is 1. The Kier molecular flexibility index (Phi) is 5.13. The van der Waals surface area contributed by atoms with Crippen LogP contribution < -0.4 is 10.6 Å². The van der Waals surface area contributed by atoms with Crippen LogP contribution >= 0.6 is 0 Å². The van der Waals surface area contributed by atoms with E-state index in [1.807, 2.05) is 19.2 Å². The first kappa shape index (κ1) is 14.9. The Balaban J connectivity index is 2.87. The van der Waals surface area contributed by atoms with Gasteiger partial charge in [-0.3, -0.25) is 0 Å². The summed E-state index contributed by atoms with van der Waals surface area (Å²) in [6, 6.07) is 6.88. The summed E-state index contributed by atoms with van der Waals surface area (Å²) in [5.41, 5.74) is 6.45. The van der Waals surface area contributed by atoms with Crippen LogP contribution in [-0.2, 0) is 10.0 Å². The van der Waals surface area contributed by atoms with Crippen LogP contribution in [0.25, 0.3) is 0 Å². The van der Waals surface area contributed by atoms with Gasteiger partial charge in [-0.05, 0) is 37.2 Å². The summed E-state index contributed by atoms with van der Waals surface area (Å²) < 4.78 is 25.0. The van der Waals surface area contributed by atoms with Crippen LogP contribution in [0.1, 0.15) is 6.42 Å². The molecular weight excluding hydrogens is 250 g/mol. The summed E-state index contributed by atoms with van der Waals surface area (Å²) in [6.07, 6.45) is 0.911. The summed E-state index contributed by atoms with van der Waals surface area (Å²) in [6.45, 7) is 1.51. The minimum Gasteiger partial charge on any atom is -0.375 e. The highest BCUT2D eigenvalue weighted by Crippen LogP contribution is 2.18. The maximum Gasteiger partial charge on any atom is 0.242 e. The molecular formula is C12H21N3O2S. The molecule has 0 bridgehead atoms. The van der Waals surface area contributed by atoms with Gasteiger partial charge in [0, 0.05) is 33.4 Å². The molecule has 6 heteroatoms. The zero-order valence-corrected chi connectivity index (χ0v) is 11.9. The van der Waals surface area contributed by atoms with E-state index >= 15 is 0 Å². The topological polar surface area (TPSA) is 66.6 Å². The Morgan fingerprint density at radius 3 is 2.11 bits per heavy atom. The van der Waals surface area contributed by atoms with Crippen molar-refractivity contribution in [2.24, 2.45) is 5.73 Å². The van der Waals surface area contributed by atoms with Crippen LogP contribution in [0.15, 0.2) is 29.2 Å². The van der Waals surface area contributed by atoms with Gasteiger partial charge in [-0.25, -0.2) is 12.7 Å². The summed E-state index contributed by atoms with van der Waals surface area (Å²) in [4.78, 5) is 2.36. The molecule has 0 saturated heterocycles. The summed E-state index contributed by atoms with van der Waals surface area (Å²) >= 11 is 0. The second-order valence-corrected chi connectivity index (χ2v) is 6.50. The molecule has 0 aromatic heterocycles. The molecule has 0 atom stereocenters. The first-order chi connectivity index (χ1) is 8.39. The lowest BCUT2D eigenvalue weighted by atomic mass is 10.3. The smallest absolute Gasteiger partial charge is 0.242 e. The van der Waals surface area contributed by atoms with Gasteiger partial charge in [0.25, 0.3) is 0 Å². The Morgan fingerprint density at radius 2 is 1.67 bits per heavy atom. The van der Waals surface area contributed by atoms with Crippen LogP contribution in [0.4, 0.5) is 5.69 Å². The van der Waals surface area contributed by atoms with Crippen molar-refractivity contribution in [2.45, 2.75) is 11.3 Å². The van der Waals surface area contributed by atoms with E-state index in [1.165, 1.54) is 18.4 Å². The van der Waals surface area contributed by atoms with E-state index in [0.717, 1.165) is 18.7 Å². The van der Waals surface area contributed by atoms with Crippen LogP contribution in [0.2, 0.25) is 0 Å². The lowest BCUT2D eigenvalue weighted by molar-refractivity contribution is 0.521. The third-order valence-corrected chi connectivity index (χ3v) is 4.58. The van der Waals surface area contributed by atoms with E-state index in [2.05, 4.69) is 4.90 Å². The fraction of sp³-hybridized carbons (Fsp3) is 0.500. The maximum absolute atomic E-state index is 11.9. The monoisotopic (exact) mass is 271 g/mol. The Bertz CT molecular complexity index is 469. The third-order valence-electron chi connectivity index (χ3n) is 2.75. The molecule has 1 aromatic carbocycles. The average molecular weight is 271 g/mol. The van der Waals surface area contributed by atoms with Gasteiger partial charge in [0.05, 0.1) is 4.90 Å². The Morgan fingerprint density at radius 1 is 1.11 bits per heavy atom. The summed E-state index contributed by atoms with van der Waals surface area (Å²) in [7, 11) is 1.67. The van der Waals surface area contributed by atoms with Crippen LogP contribution in [0.5, 0.6) is 0 Å². The number of rotatable bonds is 6. The molecule has 5 nitrogen and oxygen atoms in total. The molecule has 0 amide bonds. The van der Waals surface area contributed by atoms with E-state index in [4.69, 9.17) is 5.73 Å².